The maximum atomic E-state index is 13.2. The van der Waals surface area contributed by atoms with E-state index in [0.29, 0.717) is 4.47 Å². The Labute approximate surface area is 117 Å². The summed E-state index contributed by atoms with van der Waals surface area (Å²) in [5.41, 5.74) is 0.172. The molecular weight excluding hydrogens is 321 g/mol. The van der Waals surface area contributed by atoms with E-state index in [1.807, 2.05) is 0 Å². The number of aliphatic carboxylic acids is 1. The third-order valence-corrected chi connectivity index (χ3v) is 3.48. The largest absolute Gasteiger partial charge is 0.479 e. The van der Waals surface area contributed by atoms with Crippen molar-refractivity contribution in [3.63, 3.8) is 0 Å². The van der Waals surface area contributed by atoms with E-state index in [1.54, 1.807) is 0 Å². The summed E-state index contributed by atoms with van der Waals surface area (Å²) in [5, 5.41) is 8.87. The molecule has 1 heterocycles. The van der Waals surface area contributed by atoms with E-state index in [4.69, 9.17) is 9.84 Å². The van der Waals surface area contributed by atoms with Crippen molar-refractivity contribution < 1.29 is 23.8 Å². The van der Waals surface area contributed by atoms with Crippen LogP contribution in [0.25, 0.3) is 0 Å². The van der Waals surface area contributed by atoms with Crippen LogP contribution in [0.1, 0.15) is 10.4 Å². The number of nitrogens with zero attached hydrogens (tertiary/aromatic N) is 1. The lowest BCUT2D eigenvalue weighted by molar-refractivity contribution is -0.154. The lowest BCUT2D eigenvalue weighted by atomic mass is 10.1. The molecule has 1 fully saturated rings. The highest BCUT2D eigenvalue weighted by atomic mass is 79.9. The van der Waals surface area contributed by atoms with E-state index in [-0.39, 0.29) is 25.3 Å². The van der Waals surface area contributed by atoms with Gasteiger partial charge in [0, 0.05) is 11.0 Å². The number of hydrogen-bond acceptors (Lipinski definition) is 3. The number of halogens is 2. The van der Waals surface area contributed by atoms with Crippen molar-refractivity contribution in [3.8, 4) is 0 Å². The average Bonchev–Trinajstić information content (AvgIpc) is 2.41. The normalized spacial score (nSPS) is 19.3. The molecule has 5 nitrogen and oxygen atoms in total. The fraction of sp³-hybridized carbons (Fsp3) is 0.333. The van der Waals surface area contributed by atoms with Crippen LogP contribution in [0, 0.1) is 5.82 Å². The van der Waals surface area contributed by atoms with Gasteiger partial charge in [-0.3, -0.25) is 4.79 Å². The number of benzene rings is 1. The quantitative estimate of drug-likeness (QED) is 0.892. The molecule has 0 bridgehead atoms. The van der Waals surface area contributed by atoms with Crippen molar-refractivity contribution in [2.45, 2.75) is 6.10 Å². The summed E-state index contributed by atoms with van der Waals surface area (Å²) in [6.45, 7) is 0.387. The minimum atomic E-state index is -1.11. The molecule has 0 radical (unpaired) electrons. The van der Waals surface area contributed by atoms with Crippen molar-refractivity contribution in [2.24, 2.45) is 0 Å². The number of carbonyl (C=O) groups excluding carboxylic acids is 1. The highest BCUT2D eigenvalue weighted by molar-refractivity contribution is 9.10. The smallest absolute Gasteiger partial charge is 0.334 e. The Hall–Kier alpha value is -1.47. The van der Waals surface area contributed by atoms with E-state index in [1.165, 1.54) is 17.0 Å². The summed E-state index contributed by atoms with van der Waals surface area (Å²) in [5.74, 6) is -2.05. The molecule has 0 aromatic heterocycles. The van der Waals surface area contributed by atoms with Crippen molar-refractivity contribution in [3.05, 3.63) is 34.1 Å². The molecule has 0 aliphatic carbocycles. The predicted octanol–water partition coefficient (Wildman–Crippen LogP) is 1.51. The fourth-order valence-corrected chi connectivity index (χ4v) is 2.23. The van der Waals surface area contributed by atoms with Gasteiger partial charge in [-0.25, -0.2) is 9.18 Å². The van der Waals surface area contributed by atoms with Crippen molar-refractivity contribution in [2.75, 3.05) is 19.7 Å². The number of ether oxygens (including phenoxy) is 1. The molecule has 0 unspecified atom stereocenters. The van der Waals surface area contributed by atoms with E-state index < -0.39 is 23.8 Å². The maximum absolute atomic E-state index is 13.2. The molecule has 1 aliphatic heterocycles. The Morgan fingerprint density at radius 3 is 2.89 bits per heavy atom. The zero-order chi connectivity index (χ0) is 14.0. The molecule has 1 aliphatic rings. The van der Waals surface area contributed by atoms with Crippen LogP contribution in [0.5, 0.6) is 0 Å². The lowest BCUT2D eigenvalue weighted by Gasteiger charge is -2.31. The number of carboxylic acid groups (broad SMARTS) is 1. The second-order valence-corrected chi connectivity index (χ2v) is 4.93. The molecule has 1 aromatic rings. The van der Waals surface area contributed by atoms with Crippen molar-refractivity contribution >= 4 is 27.8 Å². The number of rotatable bonds is 2. The molecule has 1 amide bonds. The van der Waals surface area contributed by atoms with Gasteiger partial charge in [0.05, 0.1) is 18.7 Å². The van der Waals surface area contributed by atoms with Crippen molar-refractivity contribution in [1.82, 2.24) is 4.90 Å². The van der Waals surface area contributed by atoms with Gasteiger partial charge in [0.25, 0.3) is 5.91 Å². The van der Waals surface area contributed by atoms with Crippen LogP contribution < -0.4 is 0 Å². The standard InChI is InChI=1S/C12H11BrFNO4/c13-9-2-1-7(14)5-8(9)11(16)15-3-4-19-10(6-15)12(17)18/h1-2,5,10H,3-4,6H2,(H,17,18)/t10-/m0/s1. The summed E-state index contributed by atoms with van der Waals surface area (Å²) >= 11 is 3.18. The number of amides is 1. The fourth-order valence-electron chi connectivity index (χ4n) is 1.81. The molecular formula is C12H11BrFNO4. The van der Waals surface area contributed by atoms with E-state index >= 15 is 0 Å². The van der Waals surface area contributed by atoms with Crippen LogP contribution in [0.15, 0.2) is 22.7 Å². The minimum Gasteiger partial charge on any atom is -0.479 e. The second-order valence-electron chi connectivity index (χ2n) is 4.07. The summed E-state index contributed by atoms with van der Waals surface area (Å²) in [6.07, 6.45) is -1.04. The first-order valence-corrected chi connectivity index (χ1v) is 6.37. The van der Waals surface area contributed by atoms with Gasteiger partial charge in [0.2, 0.25) is 0 Å². The first-order chi connectivity index (χ1) is 8.99. The molecule has 1 aromatic carbocycles. The summed E-state index contributed by atoms with van der Waals surface area (Å²) in [6, 6.07) is 3.80. The zero-order valence-corrected chi connectivity index (χ0v) is 11.4. The van der Waals surface area contributed by atoms with Crippen LogP contribution in [-0.4, -0.2) is 47.7 Å². The van der Waals surface area contributed by atoms with Gasteiger partial charge in [-0.1, -0.05) is 0 Å². The lowest BCUT2D eigenvalue weighted by Crippen LogP contribution is -2.48. The summed E-state index contributed by atoms with van der Waals surface area (Å²) in [4.78, 5) is 24.4. The Balaban J connectivity index is 2.19. The third kappa shape index (κ3) is 3.10. The monoisotopic (exact) mass is 331 g/mol. The summed E-state index contributed by atoms with van der Waals surface area (Å²) in [7, 11) is 0. The Morgan fingerprint density at radius 2 is 2.21 bits per heavy atom. The zero-order valence-electron chi connectivity index (χ0n) is 9.81. The SMILES string of the molecule is O=C(O)[C@@H]1CN(C(=O)c2cc(F)ccc2Br)CCO1. The minimum absolute atomic E-state index is 0.0445. The number of carbonyl (C=O) groups is 2. The number of morpholine rings is 1. The van der Waals surface area contributed by atoms with Gasteiger partial charge in [0.1, 0.15) is 5.82 Å². The van der Waals surface area contributed by atoms with Crippen molar-refractivity contribution in [1.29, 1.82) is 0 Å². The van der Waals surface area contributed by atoms with Gasteiger partial charge in [-0.15, -0.1) is 0 Å². The van der Waals surface area contributed by atoms with Gasteiger partial charge < -0.3 is 14.7 Å². The highest BCUT2D eigenvalue weighted by Gasteiger charge is 2.30. The number of carboxylic acids is 1. The molecule has 19 heavy (non-hydrogen) atoms. The molecule has 7 heteroatoms. The molecule has 102 valence electrons. The Kier molecular flexibility index (Phi) is 4.16. The van der Waals surface area contributed by atoms with Gasteiger partial charge in [-0.05, 0) is 34.1 Å². The Bertz CT molecular complexity index is 522. The van der Waals surface area contributed by atoms with E-state index in [9.17, 15) is 14.0 Å². The topological polar surface area (TPSA) is 66.8 Å². The molecule has 2 rings (SSSR count). The van der Waals surface area contributed by atoms with Crippen LogP contribution >= 0.6 is 15.9 Å². The van der Waals surface area contributed by atoms with Gasteiger partial charge in [-0.2, -0.15) is 0 Å². The van der Waals surface area contributed by atoms with E-state index in [2.05, 4.69) is 15.9 Å². The molecule has 1 N–H and O–H groups in total. The van der Waals surface area contributed by atoms with Gasteiger partial charge in [0.15, 0.2) is 6.10 Å². The van der Waals surface area contributed by atoms with Crippen LogP contribution in [-0.2, 0) is 9.53 Å². The van der Waals surface area contributed by atoms with Crippen LogP contribution in [0.3, 0.4) is 0 Å². The van der Waals surface area contributed by atoms with Crippen LogP contribution in [0.4, 0.5) is 4.39 Å². The Morgan fingerprint density at radius 1 is 1.47 bits per heavy atom. The predicted molar refractivity (Wildman–Crippen MR) is 67.4 cm³/mol. The average molecular weight is 332 g/mol. The summed E-state index contributed by atoms with van der Waals surface area (Å²) < 4.78 is 18.7. The molecule has 0 saturated carbocycles. The van der Waals surface area contributed by atoms with Gasteiger partial charge >= 0.3 is 5.97 Å². The molecule has 0 spiro atoms. The molecule has 1 saturated heterocycles. The van der Waals surface area contributed by atoms with E-state index in [0.717, 1.165) is 6.07 Å². The third-order valence-electron chi connectivity index (χ3n) is 2.79. The highest BCUT2D eigenvalue weighted by Crippen LogP contribution is 2.20. The molecule has 1 atom stereocenters. The van der Waals surface area contributed by atoms with Crippen LogP contribution in [0.2, 0.25) is 0 Å². The first kappa shape index (κ1) is 14.0. The number of hydrogen-bond donors (Lipinski definition) is 1. The maximum Gasteiger partial charge on any atom is 0.334 e. The second kappa shape index (κ2) is 5.66. The first-order valence-electron chi connectivity index (χ1n) is 5.58.